The molecule has 3 nitrogen and oxygen atoms in total. The van der Waals surface area contributed by atoms with Crippen molar-refractivity contribution in [2.24, 2.45) is 17.3 Å². The largest absolute Gasteiger partial charge is 0.345 e. The third-order valence-electron chi connectivity index (χ3n) is 13.2. The maximum atomic E-state index is 13.3. The maximum absolute atomic E-state index is 13.3. The summed E-state index contributed by atoms with van der Waals surface area (Å²) in [6, 6.07) is 7.13. The molecule has 1 aromatic carbocycles. The van der Waals surface area contributed by atoms with Gasteiger partial charge in [-0.25, -0.2) is 0 Å². The van der Waals surface area contributed by atoms with Gasteiger partial charge in [0.25, 0.3) is 0 Å². The van der Waals surface area contributed by atoms with Crippen molar-refractivity contribution in [1.82, 2.24) is 0 Å². The molecule has 4 atom stereocenters. The summed E-state index contributed by atoms with van der Waals surface area (Å²) in [6.45, 7) is 22.8. The monoisotopic (exact) mass is 735 g/mol. The number of ketones is 2. The summed E-state index contributed by atoms with van der Waals surface area (Å²) in [5, 5.41) is 0. The van der Waals surface area contributed by atoms with Gasteiger partial charge >= 0.3 is 0 Å². The molecule has 0 radical (unpaired) electrons. The highest BCUT2D eigenvalue weighted by molar-refractivity contribution is 6.25. The molecular weight excluding hydrogens is 661 g/mol. The predicted molar refractivity (Wildman–Crippen MR) is 230 cm³/mol. The predicted octanol–water partition coefficient (Wildman–Crippen LogP) is 14.8. The van der Waals surface area contributed by atoms with E-state index in [-0.39, 0.29) is 11.6 Å². The molecular formula is C51H74O3. The maximum Gasteiger partial charge on any atom is 0.199 e. The number of epoxide rings is 1. The average Bonchev–Trinajstić information content (AvgIpc) is 3.76. The molecule has 0 saturated carbocycles. The minimum atomic E-state index is -1.03. The van der Waals surface area contributed by atoms with E-state index in [4.69, 9.17) is 4.74 Å². The highest BCUT2D eigenvalue weighted by Gasteiger charge is 2.77. The van der Waals surface area contributed by atoms with Crippen molar-refractivity contribution >= 4 is 11.6 Å². The van der Waals surface area contributed by atoms with Crippen molar-refractivity contribution in [3.8, 4) is 0 Å². The van der Waals surface area contributed by atoms with E-state index < -0.39 is 11.2 Å². The first-order chi connectivity index (χ1) is 25.6. The Hall–Kier alpha value is -3.04. The molecule has 296 valence electrons. The summed E-state index contributed by atoms with van der Waals surface area (Å²) in [4.78, 5) is 26.4. The smallest absolute Gasteiger partial charge is 0.199 e. The summed E-state index contributed by atoms with van der Waals surface area (Å²) < 4.78 is 5.96. The fourth-order valence-corrected chi connectivity index (χ4v) is 9.05. The highest BCUT2D eigenvalue weighted by Crippen LogP contribution is 2.57. The second-order valence-electron chi connectivity index (χ2n) is 18.4. The van der Waals surface area contributed by atoms with Crippen LogP contribution in [-0.2, 0) is 4.74 Å². The van der Waals surface area contributed by atoms with Gasteiger partial charge in [0.2, 0.25) is 0 Å². The Morgan fingerprint density at radius 3 is 1.81 bits per heavy atom. The van der Waals surface area contributed by atoms with Gasteiger partial charge in [0.15, 0.2) is 22.8 Å². The lowest BCUT2D eigenvalue weighted by atomic mass is 9.67. The third-order valence-corrected chi connectivity index (χ3v) is 13.2. The number of hydrogen-bond donors (Lipinski definition) is 0. The van der Waals surface area contributed by atoms with Gasteiger partial charge in [-0.05, 0) is 156 Å². The van der Waals surface area contributed by atoms with Crippen LogP contribution in [0.25, 0.3) is 0 Å². The average molecular weight is 735 g/mol. The second kappa shape index (κ2) is 19.7. The van der Waals surface area contributed by atoms with Gasteiger partial charge in [-0.15, -0.1) is 0 Å². The Bertz CT molecular complexity index is 1660. The van der Waals surface area contributed by atoms with Crippen LogP contribution in [0.3, 0.4) is 0 Å². The number of Topliss-reactive ketones (excluding diaryl/α,β-unsaturated/α-hetero) is 2. The van der Waals surface area contributed by atoms with E-state index in [1.54, 1.807) is 30.2 Å². The van der Waals surface area contributed by atoms with Crippen molar-refractivity contribution in [2.45, 2.75) is 183 Å². The second-order valence-corrected chi connectivity index (χ2v) is 18.4. The summed E-state index contributed by atoms with van der Waals surface area (Å²) >= 11 is 0. The minimum Gasteiger partial charge on any atom is -0.345 e. The van der Waals surface area contributed by atoms with Gasteiger partial charge in [0.05, 0.1) is 0 Å². The molecule has 1 aromatic rings. The molecule has 0 N–H and O–H groups in total. The van der Waals surface area contributed by atoms with Crippen LogP contribution in [0.5, 0.6) is 0 Å². The molecule has 1 fully saturated rings. The molecule has 3 aliphatic rings. The van der Waals surface area contributed by atoms with Crippen LogP contribution < -0.4 is 0 Å². The summed E-state index contributed by atoms with van der Waals surface area (Å²) in [6.07, 6.45) is 32.7. The SMILES string of the molecule is CC1=CCCC(C)(C)C1CC/C(C)=C/CC/C(C)=C/CC/C(C)=C/CC/C(C)=C/CCC(C)CCC/C(C)=C/CC12OC1(C)C(=O)c1ccccc1C2=O. The Morgan fingerprint density at radius 1 is 0.722 bits per heavy atom. The minimum absolute atomic E-state index is 0.0487. The number of hydrogen-bond acceptors (Lipinski definition) is 3. The first-order valence-corrected chi connectivity index (χ1v) is 21.4. The molecule has 4 unspecified atom stereocenters. The highest BCUT2D eigenvalue weighted by atomic mass is 16.6. The Labute approximate surface area is 330 Å². The van der Waals surface area contributed by atoms with Gasteiger partial charge in [-0.1, -0.05) is 121 Å². The fraction of sp³-hybridized carbons (Fsp3) is 0.608. The zero-order valence-corrected chi connectivity index (χ0v) is 36.0. The Morgan fingerprint density at radius 2 is 1.24 bits per heavy atom. The number of rotatable bonds is 21. The molecule has 0 spiro atoms. The molecule has 0 aromatic heterocycles. The van der Waals surface area contributed by atoms with E-state index in [0.29, 0.717) is 28.9 Å². The summed E-state index contributed by atoms with van der Waals surface area (Å²) in [7, 11) is 0. The molecule has 1 saturated heterocycles. The van der Waals surface area contributed by atoms with Crippen molar-refractivity contribution < 1.29 is 14.3 Å². The lowest BCUT2D eigenvalue weighted by molar-refractivity contribution is 0.0847. The van der Waals surface area contributed by atoms with Gasteiger partial charge in [0, 0.05) is 17.5 Å². The lowest BCUT2D eigenvalue weighted by Gasteiger charge is -2.38. The fourth-order valence-electron chi connectivity index (χ4n) is 9.05. The third kappa shape index (κ3) is 11.5. The standard InChI is InChI=1S/C51H74O3/c1-37(21-14-23-39(3)25-16-27-41(5)32-33-46-43(7)29-18-35-49(46,8)9)19-13-20-38(2)22-15-24-40(4)26-17-28-42(6)34-36-51-48(53)45-31-12-11-30-44(45)47(52)50(51,10)54-51/h11-12,19,22-23,27,29-31,34,40,46H,13-18,20-21,24-26,28,32-33,35-36H2,1-10H3/b37-19+,38-22+,39-23+,41-27+,42-34+. The number of carbonyl (C=O) groups is 2. The van der Waals surface area contributed by atoms with Crippen molar-refractivity contribution in [2.75, 3.05) is 0 Å². The summed E-state index contributed by atoms with van der Waals surface area (Å²) in [5.41, 5.74) is 8.38. The zero-order valence-electron chi connectivity index (χ0n) is 36.0. The van der Waals surface area contributed by atoms with E-state index in [1.807, 2.05) is 12.1 Å². The number of carbonyl (C=O) groups excluding carboxylic acids is 2. The van der Waals surface area contributed by atoms with Gasteiger partial charge in [-0.3, -0.25) is 9.59 Å². The van der Waals surface area contributed by atoms with Crippen LogP contribution >= 0.6 is 0 Å². The molecule has 1 heterocycles. The van der Waals surface area contributed by atoms with Gasteiger partial charge < -0.3 is 4.74 Å². The van der Waals surface area contributed by atoms with E-state index in [9.17, 15) is 9.59 Å². The van der Waals surface area contributed by atoms with E-state index in [0.717, 1.165) is 57.3 Å². The molecule has 3 heteroatoms. The number of ether oxygens (including phenoxy) is 1. The number of benzene rings is 1. The molecule has 1 aliphatic heterocycles. The van der Waals surface area contributed by atoms with Crippen molar-refractivity contribution in [3.05, 3.63) is 105 Å². The normalized spacial score (nSPS) is 25.3. The molecule has 54 heavy (non-hydrogen) atoms. The molecule has 0 amide bonds. The van der Waals surface area contributed by atoms with Crippen LogP contribution in [0.15, 0.2) is 94.2 Å². The van der Waals surface area contributed by atoms with E-state index in [2.05, 4.69) is 98.8 Å². The number of fused-ring (bicyclic) bond motifs is 2. The van der Waals surface area contributed by atoms with Crippen LogP contribution in [0, 0.1) is 17.3 Å². The van der Waals surface area contributed by atoms with Crippen molar-refractivity contribution in [3.63, 3.8) is 0 Å². The first kappa shape index (κ1) is 43.7. The first-order valence-electron chi connectivity index (χ1n) is 21.4. The van der Waals surface area contributed by atoms with Crippen LogP contribution in [0.4, 0.5) is 0 Å². The van der Waals surface area contributed by atoms with Crippen LogP contribution in [0.1, 0.15) is 193 Å². The van der Waals surface area contributed by atoms with Crippen LogP contribution in [-0.4, -0.2) is 22.8 Å². The van der Waals surface area contributed by atoms with Crippen LogP contribution in [0.2, 0.25) is 0 Å². The Balaban J connectivity index is 1.05. The quantitative estimate of drug-likeness (QED) is 0.0933. The van der Waals surface area contributed by atoms with Gasteiger partial charge in [-0.2, -0.15) is 0 Å². The summed E-state index contributed by atoms with van der Waals surface area (Å²) in [5.74, 6) is 1.30. The topological polar surface area (TPSA) is 46.7 Å². The van der Waals surface area contributed by atoms with Gasteiger partial charge in [0.1, 0.15) is 0 Å². The lowest BCUT2D eigenvalue weighted by Crippen LogP contribution is -2.43. The van der Waals surface area contributed by atoms with E-state index in [1.165, 1.54) is 67.2 Å². The molecule has 0 bridgehead atoms. The molecule has 4 rings (SSSR count). The molecule has 2 aliphatic carbocycles. The number of allylic oxidation sites excluding steroid dienone is 11. The van der Waals surface area contributed by atoms with Crippen molar-refractivity contribution in [1.29, 1.82) is 0 Å². The van der Waals surface area contributed by atoms with E-state index >= 15 is 0 Å². The Kier molecular flexibility index (Phi) is 15.9. The zero-order chi connectivity index (χ0) is 39.5.